The maximum Gasteiger partial charge on any atom is 0.310 e. The van der Waals surface area contributed by atoms with Gasteiger partial charge < -0.3 is 24.6 Å². The van der Waals surface area contributed by atoms with Gasteiger partial charge in [0.05, 0.1) is 24.0 Å². The molecule has 0 aromatic heterocycles. The summed E-state index contributed by atoms with van der Waals surface area (Å²) in [7, 11) is 0. The number of ether oxygens (including phenoxy) is 3. The Morgan fingerprint density at radius 3 is 2.40 bits per heavy atom. The van der Waals surface area contributed by atoms with Crippen molar-refractivity contribution in [2.75, 3.05) is 6.61 Å². The summed E-state index contributed by atoms with van der Waals surface area (Å²) in [6.45, 7) is 6.58. The molecular weight excluding hydrogens is 605 g/mol. The minimum atomic E-state index is -2.06. The van der Waals surface area contributed by atoms with Crippen LogP contribution in [0.25, 0.3) is 0 Å². The molecule has 47 heavy (non-hydrogen) atoms. The first kappa shape index (κ1) is 33.1. The zero-order valence-electron chi connectivity index (χ0n) is 28.1. The van der Waals surface area contributed by atoms with E-state index >= 15 is 4.39 Å². The van der Waals surface area contributed by atoms with Crippen molar-refractivity contribution in [3.05, 3.63) is 23.8 Å². The summed E-state index contributed by atoms with van der Waals surface area (Å²) < 4.78 is 36.4. The van der Waals surface area contributed by atoms with E-state index in [0.717, 1.165) is 38.5 Å². The second kappa shape index (κ2) is 11.3. The van der Waals surface area contributed by atoms with Crippen LogP contribution < -0.4 is 5.32 Å². The molecule has 7 rings (SSSR count). The highest BCUT2D eigenvalue weighted by Crippen LogP contribution is 2.72. The lowest BCUT2D eigenvalue weighted by Gasteiger charge is -2.62. The summed E-state index contributed by atoms with van der Waals surface area (Å²) in [6.07, 6.45) is 10.4. The van der Waals surface area contributed by atoms with Gasteiger partial charge in [0, 0.05) is 22.8 Å². The summed E-state index contributed by atoms with van der Waals surface area (Å²) in [5.74, 6) is -4.53. The molecule has 1 heterocycles. The maximum absolute atomic E-state index is 17.7. The summed E-state index contributed by atoms with van der Waals surface area (Å²) >= 11 is 0. The Hall–Kier alpha value is -2.43. The number of hydrogen-bond acceptors (Lipinski definition) is 8. The molecule has 7 aliphatic rings. The molecule has 0 radical (unpaired) electrons. The van der Waals surface area contributed by atoms with Crippen molar-refractivity contribution in [2.45, 2.75) is 140 Å². The normalized spacial score (nSPS) is 45.3. The number of Topliss-reactive ketones (excluding diaryl/α,β-unsaturated/α-hetero) is 1. The van der Waals surface area contributed by atoms with Crippen LogP contribution in [0.4, 0.5) is 4.39 Å². The summed E-state index contributed by atoms with van der Waals surface area (Å²) in [5, 5.41) is 15.0. The molecule has 10 atom stereocenters. The molecule has 0 aromatic rings. The van der Waals surface area contributed by atoms with Crippen LogP contribution in [0.3, 0.4) is 0 Å². The number of aliphatic hydroxyl groups is 1. The monoisotopic (exact) mass is 655 g/mol. The van der Waals surface area contributed by atoms with Crippen molar-refractivity contribution in [3.63, 3.8) is 0 Å². The molecule has 10 heteroatoms. The van der Waals surface area contributed by atoms with Gasteiger partial charge in [0.1, 0.15) is 0 Å². The molecule has 0 aromatic carbocycles. The molecule has 258 valence electrons. The van der Waals surface area contributed by atoms with E-state index in [1.165, 1.54) is 12.2 Å². The number of amides is 1. The van der Waals surface area contributed by atoms with Gasteiger partial charge in [-0.2, -0.15) is 0 Å². The van der Waals surface area contributed by atoms with E-state index in [0.29, 0.717) is 37.7 Å². The van der Waals surface area contributed by atoms with Crippen molar-refractivity contribution >= 4 is 23.4 Å². The van der Waals surface area contributed by atoms with Crippen molar-refractivity contribution in [1.82, 2.24) is 5.32 Å². The van der Waals surface area contributed by atoms with E-state index < -0.39 is 76.2 Å². The van der Waals surface area contributed by atoms with Gasteiger partial charge >= 0.3 is 5.97 Å². The number of alkyl halides is 1. The molecule has 1 amide bonds. The fourth-order valence-corrected chi connectivity index (χ4v) is 11.3. The Bertz CT molecular complexity index is 1420. The standard InChI is InChI=1S/C37H50FNO8/c1-33(2)46-30-18-27-26-14-13-21-17-23(40)15-16-34(21,3)36(26,38)28(41)19-35(27,4)37(30,47-33)29(42)20-45-32(44)25-12-8-7-11-24(25)31(43)39-22-9-5-6-10-22/h15-17,22,24-28,30,41H,5-14,18-20H2,1-4H3,(H,39,43)/t24?,25?,26-,27-,28-,30+,34-,35-,36-,37+/m0/s1. The van der Waals surface area contributed by atoms with Crippen LogP contribution in [0, 0.1) is 34.5 Å². The van der Waals surface area contributed by atoms with Crippen LogP contribution in [0.1, 0.15) is 105 Å². The number of esters is 1. The third-order valence-electron chi connectivity index (χ3n) is 13.5. The van der Waals surface area contributed by atoms with Crippen LogP contribution >= 0.6 is 0 Å². The van der Waals surface area contributed by atoms with E-state index in [4.69, 9.17) is 14.2 Å². The molecule has 0 bridgehead atoms. The first-order valence-electron chi connectivity index (χ1n) is 17.9. The molecule has 2 unspecified atom stereocenters. The van der Waals surface area contributed by atoms with Gasteiger partial charge in [-0.15, -0.1) is 0 Å². The Kier molecular flexibility index (Phi) is 7.96. The number of hydrogen-bond donors (Lipinski definition) is 2. The predicted molar refractivity (Wildman–Crippen MR) is 168 cm³/mol. The Labute approximate surface area is 276 Å². The van der Waals surface area contributed by atoms with E-state index in [1.54, 1.807) is 26.8 Å². The molecule has 6 fully saturated rings. The third-order valence-corrected chi connectivity index (χ3v) is 13.5. The van der Waals surface area contributed by atoms with E-state index in [-0.39, 0.29) is 30.1 Å². The Balaban J connectivity index is 1.13. The van der Waals surface area contributed by atoms with Crippen molar-refractivity contribution < 1.29 is 42.9 Å². The molecule has 9 nitrogen and oxygen atoms in total. The highest BCUT2D eigenvalue weighted by Gasteiger charge is 2.80. The highest BCUT2D eigenvalue weighted by atomic mass is 19.1. The van der Waals surface area contributed by atoms with Crippen molar-refractivity contribution in [3.8, 4) is 0 Å². The van der Waals surface area contributed by atoms with E-state index in [9.17, 15) is 24.3 Å². The lowest BCUT2D eigenvalue weighted by molar-refractivity contribution is -0.246. The van der Waals surface area contributed by atoms with Crippen LogP contribution in [0.15, 0.2) is 23.8 Å². The summed E-state index contributed by atoms with van der Waals surface area (Å²) in [6, 6.07) is 0.150. The topological polar surface area (TPSA) is 128 Å². The number of carbonyl (C=O) groups excluding carboxylic acids is 4. The number of nitrogens with one attached hydrogen (secondary N) is 1. The zero-order chi connectivity index (χ0) is 33.6. The number of aliphatic hydroxyl groups excluding tert-OH is 1. The highest BCUT2D eigenvalue weighted by molar-refractivity contribution is 6.01. The first-order valence-corrected chi connectivity index (χ1v) is 17.9. The minimum absolute atomic E-state index is 0.0585. The van der Waals surface area contributed by atoms with Gasteiger partial charge in [-0.1, -0.05) is 44.3 Å². The van der Waals surface area contributed by atoms with Gasteiger partial charge in [0.25, 0.3) is 0 Å². The lowest BCUT2D eigenvalue weighted by atomic mass is 9.44. The molecule has 1 aliphatic heterocycles. The number of halogens is 1. The van der Waals surface area contributed by atoms with Gasteiger partial charge in [0.2, 0.25) is 11.7 Å². The van der Waals surface area contributed by atoms with Gasteiger partial charge in [-0.05, 0) is 90.2 Å². The number of allylic oxidation sites excluding steroid dienone is 4. The van der Waals surface area contributed by atoms with Crippen LogP contribution in [-0.2, 0) is 33.4 Å². The second-order valence-corrected chi connectivity index (χ2v) is 16.4. The van der Waals surface area contributed by atoms with Crippen LogP contribution in [0.5, 0.6) is 0 Å². The summed E-state index contributed by atoms with van der Waals surface area (Å²) in [4.78, 5) is 53.5. The number of fused-ring (bicyclic) bond motifs is 7. The Morgan fingerprint density at radius 1 is 1.00 bits per heavy atom. The van der Waals surface area contributed by atoms with E-state index in [1.807, 2.05) is 6.92 Å². The third kappa shape index (κ3) is 4.78. The minimum Gasteiger partial charge on any atom is -0.457 e. The molecule has 5 saturated carbocycles. The molecule has 2 N–H and O–H groups in total. The fraction of sp³-hybridized carbons (Fsp3) is 0.784. The van der Waals surface area contributed by atoms with Crippen LogP contribution in [0.2, 0.25) is 0 Å². The fourth-order valence-electron chi connectivity index (χ4n) is 11.3. The molecular formula is C37H50FNO8. The van der Waals surface area contributed by atoms with Gasteiger partial charge in [0.15, 0.2) is 29.4 Å². The average molecular weight is 656 g/mol. The number of ketones is 2. The lowest BCUT2D eigenvalue weighted by Crippen LogP contribution is -2.70. The SMILES string of the molecule is CC1(C)O[C@@H]2C[C@H]3[C@@H]4CCC5=CC(=O)C=C[C@]5(C)[C@@]4(F)[C@@H](O)C[C@]3(C)[C@]2(C(=O)COC(=O)C2CCCCC2C(=O)NC2CCCC2)O1. The van der Waals surface area contributed by atoms with Gasteiger partial charge in [-0.3, -0.25) is 19.2 Å². The quantitative estimate of drug-likeness (QED) is 0.390. The Morgan fingerprint density at radius 2 is 1.68 bits per heavy atom. The zero-order valence-corrected chi connectivity index (χ0v) is 28.1. The second-order valence-electron chi connectivity index (χ2n) is 16.4. The average Bonchev–Trinajstić information content (AvgIpc) is 3.69. The van der Waals surface area contributed by atoms with Crippen LogP contribution in [-0.4, -0.2) is 70.5 Å². The van der Waals surface area contributed by atoms with Gasteiger partial charge in [-0.25, -0.2) is 4.39 Å². The maximum atomic E-state index is 17.7. The van der Waals surface area contributed by atoms with Crippen molar-refractivity contribution in [2.24, 2.45) is 34.5 Å². The van der Waals surface area contributed by atoms with Crippen molar-refractivity contribution in [1.29, 1.82) is 0 Å². The summed E-state index contributed by atoms with van der Waals surface area (Å²) in [5.41, 5.74) is -5.11. The largest absolute Gasteiger partial charge is 0.457 e. The molecule has 6 aliphatic carbocycles. The number of carbonyl (C=O) groups is 4. The predicted octanol–water partition coefficient (Wildman–Crippen LogP) is 4.83. The molecule has 1 saturated heterocycles. The molecule has 0 spiro atoms. The first-order chi connectivity index (χ1) is 22.2. The smallest absolute Gasteiger partial charge is 0.310 e. The van der Waals surface area contributed by atoms with E-state index in [2.05, 4.69) is 5.32 Å². The number of rotatable bonds is 6.